The minimum atomic E-state index is -0.314. The van der Waals surface area contributed by atoms with Crippen LogP contribution in [0.3, 0.4) is 0 Å². The molecule has 118 valence electrons. The topological polar surface area (TPSA) is 25.8 Å². The highest BCUT2D eigenvalue weighted by molar-refractivity contribution is 6.36. The molecule has 0 fully saturated rings. The van der Waals surface area contributed by atoms with Gasteiger partial charge in [0.2, 0.25) is 0 Å². The Morgan fingerprint density at radius 1 is 1.22 bits per heavy atom. The van der Waals surface area contributed by atoms with Gasteiger partial charge in [-0.3, -0.25) is 4.98 Å². The normalized spacial score (nSPS) is 11.4. The smallest absolute Gasteiger partial charge is 0.134 e. The Kier molecular flexibility index (Phi) is 4.31. The molecule has 0 aliphatic heterocycles. The summed E-state index contributed by atoms with van der Waals surface area (Å²) < 4.78 is 14.5. The summed E-state index contributed by atoms with van der Waals surface area (Å²) in [6.07, 6.45) is 2.52. The van der Waals surface area contributed by atoms with Crippen LogP contribution >= 0.6 is 11.6 Å². The summed E-state index contributed by atoms with van der Waals surface area (Å²) in [7, 11) is 0. The molecule has 0 atom stereocenters. The van der Waals surface area contributed by atoms with Crippen LogP contribution in [0.4, 0.5) is 4.39 Å². The lowest BCUT2D eigenvalue weighted by Crippen LogP contribution is -1.99. The van der Waals surface area contributed by atoms with Crippen molar-refractivity contribution in [3.05, 3.63) is 58.5 Å². The first kappa shape index (κ1) is 15.9. The van der Waals surface area contributed by atoms with Gasteiger partial charge < -0.3 is 0 Å². The number of pyridine rings is 2. The van der Waals surface area contributed by atoms with Gasteiger partial charge in [0.05, 0.1) is 27.3 Å². The van der Waals surface area contributed by atoms with Crippen molar-refractivity contribution in [3.8, 4) is 11.4 Å². The molecule has 0 amide bonds. The van der Waals surface area contributed by atoms with Crippen molar-refractivity contribution >= 4 is 22.5 Å². The fourth-order valence-electron chi connectivity index (χ4n) is 2.79. The summed E-state index contributed by atoms with van der Waals surface area (Å²) in [4.78, 5) is 8.98. The summed E-state index contributed by atoms with van der Waals surface area (Å²) >= 11 is 6.44. The number of fused-ring (bicyclic) bond motifs is 1. The van der Waals surface area contributed by atoms with Gasteiger partial charge in [-0.1, -0.05) is 31.5 Å². The molecular weight excluding hydrogens is 311 g/mol. The number of hydrogen-bond acceptors (Lipinski definition) is 2. The lowest BCUT2D eigenvalue weighted by molar-refractivity contribution is 0.621. The molecule has 23 heavy (non-hydrogen) atoms. The first-order valence-electron chi connectivity index (χ1n) is 7.67. The second-order valence-electron chi connectivity index (χ2n) is 6.18. The Morgan fingerprint density at radius 2 is 2.00 bits per heavy atom. The Balaban J connectivity index is 2.26. The van der Waals surface area contributed by atoms with Crippen LogP contribution in [0.25, 0.3) is 22.3 Å². The van der Waals surface area contributed by atoms with E-state index in [0.717, 1.165) is 23.2 Å². The zero-order valence-corrected chi connectivity index (χ0v) is 14.2. The van der Waals surface area contributed by atoms with E-state index in [0.29, 0.717) is 27.5 Å². The predicted molar refractivity (Wildman–Crippen MR) is 93.2 cm³/mol. The van der Waals surface area contributed by atoms with Gasteiger partial charge in [-0.2, -0.15) is 0 Å². The molecule has 3 rings (SSSR count). The molecule has 0 bridgehead atoms. The van der Waals surface area contributed by atoms with Crippen molar-refractivity contribution in [1.82, 2.24) is 9.97 Å². The van der Waals surface area contributed by atoms with Gasteiger partial charge in [0, 0.05) is 6.20 Å². The fraction of sp³-hybridized carbons (Fsp3) is 0.263. The quantitative estimate of drug-likeness (QED) is 0.625. The molecule has 0 aliphatic carbocycles. The van der Waals surface area contributed by atoms with Gasteiger partial charge in [0.15, 0.2) is 0 Å². The van der Waals surface area contributed by atoms with E-state index in [9.17, 15) is 4.39 Å². The van der Waals surface area contributed by atoms with E-state index in [4.69, 9.17) is 11.6 Å². The maximum absolute atomic E-state index is 14.5. The van der Waals surface area contributed by atoms with Crippen LogP contribution in [-0.4, -0.2) is 9.97 Å². The third-order valence-corrected chi connectivity index (χ3v) is 4.29. The number of rotatable bonds is 3. The van der Waals surface area contributed by atoms with Crippen LogP contribution in [-0.2, 0) is 6.42 Å². The Labute approximate surface area is 140 Å². The molecule has 0 spiro atoms. The highest BCUT2D eigenvalue weighted by atomic mass is 35.5. The maximum Gasteiger partial charge on any atom is 0.134 e. The Hall–Kier alpha value is -2.00. The average molecular weight is 329 g/mol. The SMILES string of the molecule is Cc1c(-c2ccccn2)nc2cc(CC(C)C)cc(F)c2c1Cl. The van der Waals surface area contributed by atoms with Crippen LogP contribution in [0.2, 0.25) is 5.02 Å². The molecule has 4 heteroatoms. The van der Waals surface area contributed by atoms with E-state index >= 15 is 0 Å². The van der Waals surface area contributed by atoms with Crippen molar-refractivity contribution in [1.29, 1.82) is 0 Å². The maximum atomic E-state index is 14.5. The molecule has 2 aromatic heterocycles. The highest BCUT2D eigenvalue weighted by Gasteiger charge is 2.16. The number of nitrogens with zero attached hydrogens (tertiary/aromatic N) is 2. The third kappa shape index (κ3) is 3.06. The molecule has 0 radical (unpaired) electrons. The van der Waals surface area contributed by atoms with E-state index in [1.807, 2.05) is 31.2 Å². The lowest BCUT2D eigenvalue weighted by Gasteiger charge is -2.13. The van der Waals surface area contributed by atoms with Gasteiger partial charge >= 0.3 is 0 Å². The van der Waals surface area contributed by atoms with Gasteiger partial charge in [-0.05, 0) is 54.7 Å². The van der Waals surface area contributed by atoms with Crippen molar-refractivity contribution < 1.29 is 4.39 Å². The van der Waals surface area contributed by atoms with Crippen molar-refractivity contribution in [2.45, 2.75) is 27.2 Å². The van der Waals surface area contributed by atoms with Gasteiger partial charge in [-0.25, -0.2) is 9.37 Å². The summed E-state index contributed by atoms with van der Waals surface area (Å²) in [6, 6.07) is 9.12. The van der Waals surface area contributed by atoms with Gasteiger partial charge in [-0.15, -0.1) is 0 Å². The molecule has 1 aromatic carbocycles. The van der Waals surface area contributed by atoms with Crippen LogP contribution in [0.1, 0.15) is 25.0 Å². The largest absolute Gasteiger partial charge is 0.255 e. The standard InChI is InChI=1S/C19H18ClFN2/c1-11(2)8-13-9-14(21)17-16(10-13)23-19(12(3)18(17)20)15-6-4-5-7-22-15/h4-7,9-11H,8H2,1-3H3. The minimum Gasteiger partial charge on any atom is -0.255 e. The lowest BCUT2D eigenvalue weighted by atomic mass is 9.99. The molecule has 0 unspecified atom stereocenters. The van der Waals surface area contributed by atoms with E-state index in [2.05, 4.69) is 23.8 Å². The molecule has 0 saturated heterocycles. The Bertz CT molecular complexity index is 860. The molecule has 3 aromatic rings. The van der Waals surface area contributed by atoms with Crippen molar-refractivity contribution in [2.75, 3.05) is 0 Å². The molecule has 2 nitrogen and oxygen atoms in total. The molecule has 0 N–H and O–H groups in total. The first-order chi connectivity index (χ1) is 11.0. The van der Waals surface area contributed by atoms with Crippen LogP contribution in [0.15, 0.2) is 36.5 Å². The van der Waals surface area contributed by atoms with Gasteiger partial charge in [0.25, 0.3) is 0 Å². The number of hydrogen-bond donors (Lipinski definition) is 0. The van der Waals surface area contributed by atoms with E-state index in [1.54, 1.807) is 12.3 Å². The Morgan fingerprint density at radius 3 is 2.65 bits per heavy atom. The third-order valence-electron chi connectivity index (χ3n) is 3.82. The van der Waals surface area contributed by atoms with E-state index in [1.165, 1.54) is 0 Å². The number of aromatic nitrogens is 2. The molecule has 0 saturated carbocycles. The zero-order valence-electron chi connectivity index (χ0n) is 13.4. The fourth-order valence-corrected chi connectivity index (χ4v) is 3.07. The van der Waals surface area contributed by atoms with Crippen molar-refractivity contribution in [2.24, 2.45) is 5.92 Å². The summed E-state index contributed by atoms with van der Waals surface area (Å²) in [5.41, 5.74) is 3.70. The summed E-state index contributed by atoms with van der Waals surface area (Å²) in [6.45, 7) is 6.06. The van der Waals surface area contributed by atoms with E-state index in [-0.39, 0.29) is 5.82 Å². The summed E-state index contributed by atoms with van der Waals surface area (Å²) in [5, 5.41) is 0.792. The monoisotopic (exact) mass is 328 g/mol. The second kappa shape index (κ2) is 6.25. The average Bonchev–Trinajstić information content (AvgIpc) is 2.50. The second-order valence-corrected chi connectivity index (χ2v) is 6.56. The highest BCUT2D eigenvalue weighted by Crippen LogP contribution is 2.34. The number of halogens is 2. The van der Waals surface area contributed by atoms with Crippen LogP contribution in [0, 0.1) is 18.7 Å². The molecular formula is C19H18ClFN2. The number of benzene rings is 1. The van der Waals surface area contributed by atoms with E-state index < -0.39 is 0 Å². The van der Waals surface area contributed by atoms with Crippen LogP contribution < -0.4 is 0 Å². The van der Waals surface area contributed by atoms with Crippen molar-refractivity contribution in [3.63, 3.8) is 0 Å². The first-order valence-corrected chi connectivity index (χ1v) is 8.04. The summed E-state index contributed by atoms with van der Waals surface area (Å²) in [5.74, 6) is 0.134. The predicted octanol–water partition coefficient (Wildman–Crippen LogP) is 5.60. The van der Waals surface area contributed by atoms with Crippen LogP contribution in [0.5, 0.6) is 0 Å². The molecule has 0 aliphatic rings. The van der Waals surface area contributed by atoms with Gasteiger partial charge in [0.1, 0.15) is 5.82 Å². The zero-order chi connectivity index (χ0) is 16.6. The molecule has 2 heterocycles. The minimum absolute atomic E-state index is 0.314.